The Morgan fingerprint density at radius 3 is 2.62 bits per heavy atom. The number of piperazine rings is 1. The van der Waals surface area contributed by atoms with Crippen molar-refractivity contribution < 1.29 is 9.53 Å². The predicted octanol–water partition coefficient (Wildman–Crippen LogP) is 4.66. The highest BCUT2D eigenvalue weighted by Crippen LogP contribution is 2.43. The van der Waals surface area contributed by atoms with Crippen LogP contribution in [0, 0.1) is 0 Å². The fraction of sp³-hybridized carbons (Fsp3) is 0.393. The molecule has 1 saturated heterocycles. The first-order chi connectivity index (χ1) is 17.6. The molecule has 5 rings (SSSR count). The van der Waals surface area contributed by atoms with E-state index in [1.807, 2.05) is 56.8 Å². The zero-order valence-corrected chi connectivity index (χ0v) is 22.4. The average molecular weight is 521 g/mol. The summed E-state index contributed by atoms with van der Waals surface area (Å²) in [5.74, 6) is 0. The van der Waals surface area contributed by atoms with Crippen molar-refractivity contribution in [2.45, 2.75) is 38.5 Å². The van der Waals surface area contributed by atoms with Gasteiger partial charge in [-0.1, -0.05) is 23.7 Å². The molecule has 2 atom stereocenters. The van der Waals surface area contributed by atoms with E-state index in [-0.39, 0.29) is 12.1 Å². The quantitative estimate of drug-likeness (QED) is 0.540. The number of amides is 1. The molecule has 1 unspecified atom stereocenters. The number of ether oxygens (including phenoxy) is 1. The largest absolute Gasteiger partial charge is 0.444 e. The van der Waals surface area contributed by atoms with E-state index in [0.29, 0.717) is 31.2 Å². The third-order valence-electron chi connectivity index (χ3n) is 6.90. The molecule has 2 aliphatic rings. The number of rotatable bonds is 3. The lowest BCUT2D eigenvalue weighted by Gasteiger charge is -2.40. The maximum Gasteiger partial charge on any atom is 0.410 e. The van der Waals surface area contributed by atoms with Crippen LogP contribution in [0.5, 0.6) is 0 Å². The first kappa shape index (κ1) is 25.4. The molecule has 0 bridgehead atoms. The smallest absolute Gasteiger partial charge is 0.410 e. The number of nitrogens with zero attached hydrogens (tertiary/aromatic N) is 5. The average Bonchev–Trinajstić information content (AvgIpc) is 3.23. The Labute approximate surface area is 222 Å². The van der Waals surface area contributed by atoms with E-state index < -0.39 is 11.6 Å². The third kappa shape index (κ3) is 5.14. The molecular formula is C28H33ClN6O2. The summed E-state index contributed by atoms with van der Waals surface area (Å²) in [5.41, 5.74) is 12.3. The van der Waals surface area contributed by atoms with Gasteiger partial charge >= 0.3 is 6.09 Å². The van der Waals surface area contributed by atoms with Crippen LogP contribution in [0.4, 0.5) is 4.79 Å². The van der Waals surface area contributed by atoms with Gasteiger partial charge in [0.2, 0.25) is 0 Å². The van der Waals surface area contributed by atoms with Crippen molar-refractivity contribution in [3.8, 4) is 0 Å². The molecular weight excluding hydrogens is 488 g/mol. The maximum absolute atomic E-state index is 12.7. The summed E-state index contributed by atoms with van der Waals surface area (Å²) >= 11 is 6.53. The van der Waals surface area contributed by atoms with Gasteiger partial charge in [0.05, 0.1) is 36.0 Å². The van der Waals surface area contributed by atoms with Crippen molar-refractivity contribution in [1.29, 1.82) is 0 Å². The Hall–Kier alpha value is -3.20. The monoisotopic (exact) mass is 520 g/mol. The van der Waals surface area contributed by atoms with E-state index in [9.17, 15) is 4.79 Å². The minimum absolute atomic E-state index is 0.114. The zero-order chi connectivity index (χ0) is 26.3. The summed E-state index contributed by atoms with van der Waals surface area (Å²) in [6.45, 7) is 8.18. The van der Waals surface area contributed by atoms with Crippen LogP contribution in [-0.4, -0.2) is 62.2 Å². The summed E-state index contributed by atoms with van der Waals surface area (Å²) in [6.07, 6.45) is 7.25. The first-order valence-corrected chi connectivity index (χ1v) is 12.9. The van der Waals surface area contributed by atoms with Crippen LogP contribution < -0.4 is 5.73 Å². The van der Waals surface area contributed by atoms with Crippen LogP contribution in [-0.2, 0) is 11.8 Å². The number of fused-ring (bicyclic) bond motifs is 2. The number of nitrogens with two attached hydrogens (primary N) is 1. The Morgan fingerprint density at radius 2 is 1.95 bits per heavy atom. The van der Waals surface area contributed by atoms with Gasteiger partial charge in [-0.05, 0) is 67.3 Å². The molecule has 1 amide bonds. The van der Waals surface area contributed by atoms with E-state index in [0.717, 1.165) is 33.7 Å². The minimum atomic E-state index is -0.523. The van der Waals surface area contributed by atoms with Gasteiger partial charge in [0.1, 0.15) is 5.60 Å². The fourth-order valence-electron chi connectivity index (χ4n) is 5.13. The Balaban J connectivity index is 1.53. The van der Waals surface area contributed by atoms with Crippen molar-refractivity contribution in [2.75, 3.05) is 26.2 Å². The lowest BCUT2D eigenvalue weighted by atomic mass is 9.90. The number of benzene rings is 1. The lowest BCUT2D eigenvalue weighted by Crippen LogP contribution is -2.51. The second-order valence-corrected chi connectivity index (χ2v) is 11.1. The molecule has 0 saturated carbocycles. The summed E-state index contributed by atoms with van der Waals surface area (Å²) < 4.78 is 7.54. The van der Waals surface area contributed by atoms with Gasteiger partial charge in [0.25, 0.3) is 0 Å². The van der Waals surface area contributed by atoms with Gasteiger partial charge in [0, 0.05) is 44.4 Å². The second kappa shape index (κ2) is 9.93. The molecule has 1 aliphatic heterocycles. The molecule has 8 nitrogen and oxygen atoms in total. The molecule has 3 aromatic rings. The molecule has 1 aliphatic carbocycles. The molecule has 194 valence electrons. The van der Waals surface area contributed by atoms with E-state index in [4.69, 9.17) is 27.1 Å². The number of pyridine rings is 1. The molecule has 1 fully saturated rings. The van der Waals surface area contributed by atoms with Gasteiger partial charge in [-0.15, -0.1) is 0 Å². The van der Waals surface area contributed by atoms with Crippen molar-refractivity contribution in [3.05, 3.63) is 82.2 Å². The number of hydrogen-bond donors (Lipinski definition) is 1. The van der Waals surface area contributed by atoms with Crippen molar-refractivity contribution in [3.63, 3.8) is 0 Å². The van der Waals surface area contributed by atoms with Crippen LogP contribution in [0.25, 0.3) is 11.6 Å². The third-order valence-corrected chi connectivity index (χ3v) is 7.14. The number of hydrogen-bond acceptors (Lipinski definition) is 6. The highest BCUT2D eigenvalue weighted by molar-refractivity contribution is 6.30. The van der Waals surface area contributed by atoms with Crippen LogP contribution in [0.2, 0.25) is 5.02 Å². The van der Waals surface area contributed by atoms with Crippen molar-refractivity contribution in [2.24, 2.45) is 12.8 Å². The molecule has 37 heavy (non-hydrogen) atoms. The number of aromatic nitrogens is 3. The Bertz CT molecular complexity index is 1340. The Kier molecular flexibility index (Phi) is 6.83. The van der Waals surface area contributed by atoms with Gasteiger partial charge in [-0.2, -0.15) is 0 Å². The summed E-state index contributed by atoms with van der Waals surface area (Å²) in [7, 11) is 1.95. The normalized spacial score (nSPS) is 18.9. The van der Waals surface area contributed by atoms with Crippen LogP contribution in [0.15, 0.2) is 49.1 Å². The zero-order valence-electron chi connectivity index (χ0n) is 21.7. The highest BCUT2D eigenvalue weighted by Gasteiger charge is 2.35. The second-order valence-electron chi connectivity index (χ2n) is 10.6. The van der Waals surface area contributed by atoms with E-state index in [2.05, 4.69) is 28.1 Å². The molecule has 0 radical (unpaired) electrons. The molecule has 2 N–H and O–H groups in total. The fourth-order valence-corrected chi connectivity index (χ4v) is 5.30. The summed E-state index contributed by atoms with van der Waals surface area (Å²) in [4.78, 5) is 26.0. The highest BCUT2D eigenvalue weighted by atomic mass is 35.5. The number of imidazole rings is 1. The van der Waals surface area contributed by atoms with Crippen molar-refractivity contribution in [1.82, 2.24) is 24.3 Å². The molecule has 0 spiro atoms. The number of aryl methyl sites for hydroxylation is 1. The van der Waals surface area contributed by atoms with Gasteiger partial charge < -0.3 is 19.9 Å². The van der Waals surface area contributed by atoms with Crippen LogP contribution >= 0.6 is 11.6 Å². The number of carbonyl (C=O) groups excluding carboxylic acids is 1. The van der Waals surface area contributed by atoms with E-state index in [1.54, 1.807) is 17.4 Å². The summed E-state index contributed by atoms with van der Waals surface area (Å²) in [5, 5.41) is 0.647. The minimum Gasteiger partial charge on any atom is -0.444 e. The number of halogens is 1. The molecule has 2 aromatic heterocycles. The Morgan fingerprint density at radius 1 is 1.19 bits per heavy atom. The standard InChI is InChI=1S/C28H33ClN6O2/c1-28(2,3)37-27(36)35-12-10-34(11-13-35)26-20-8-7-19(29)15-21(20)22(14-18-6-5-9-32-25(18)26)24(30)23-16-31-17-33(23)4/h5-9,14-17,24,26H,10-13,30H2,1-4H3/t24?,26-/m0/s1. The molecule has 3 heterocycles. The predicted molar refractivity (Wildman–Crippen MR) is 145 cm³/mol. The SMILES string of the molecule is Cn1cncc1C(N)C1=Cc2cccnc2[C@@H](N2CCN(C(=O)OC(C)(C)C)CC2)c2ccc(Cl)cc21. The topological polar surface area (TPSA) is 89.5 Å². The summed E-state index contributed by atoms with van der Waals surface area (Å²) in [6, 6.07) is 9.51. The lowest BCUT2D eigenvalue weighted by molar-refractivity contribution is 0.0118. The van der Waals surface area contributed by atoms with Gasteiger partial charge in [-0.25, -0.2) is 9.78 Å². The van der Waals surface area contributed by atoms with Crippen molar-refractivity contribution >= 4 is 29.3 Å². The van der Waals surface area contributed by atoms with Gasteiger partial charge in [-0.3, -0.25) is 9.88 Å². The van der Waals surface area contributed by atoms with Crippen LogP contribution in [0.3, 0.4) is 0 Å². The first-order valence-electron chi connectivity index (χ1n) is 12.5. The van der Waals surface area contributed by atoms with Gasteiger partial charge in [0.15, 0.2) is 0 Å². The molecule has 9 heteroatoms. The molecule has 1 aromatic carbocycles. The maximum atomic E-state index is 12.7. The van der Waals surface area contributed by atoms with E-state index in [1.165, 1.54) is 0 Å². The van der Waals surface area contributed by atoms with E-state index >= 15 is 0 Å². The number of carbonyl (C=O) groups is 1. The van der Waals surface area contributed by atoms with Crippen LogP contribution in [0.1, 0.15) is 60.9 Å².